The Bertz CT molecular complexity index is 734. The number of hydrogen-bond donors (Lipinski definition) is 4. The summed E-state index contributed by atoms with van der Waals surface area (Å²) in [6.45, 7) is 0. The summed E-state index contributed by atoms with van der Waals surface area (Å²) in [7, 11) is 0. The van der Waals surface area contributed by atoms with Crippen molar-refractivity contribution in [2.45, 2.75) is 37.8 Å². The molecule has 28 heavy (non-hydrogen) atoms. The van der Waals surface area contributed by atoms with Crippen LogP contribution in [0.25, 0.3) is 0 Å². The van der Waals surface area contributed by atoms with Gasteiger partial charge in [0, 0.05) is 33.5 Å². The molecule has 2 aromatic rings. The monoisotopic (exact) mass is 452 g/mol. The molecular weight excluding hydrogens is 431 g/mol. The first-order chi connectivity index (χ1) is 13.5. The number of anilines is 2. The predicted octanol–water partition coefficient (Wildman–Crippen LogP) is 5.58. The van der Waals surface area contributed by atoms with E-state index in [2.05, 4.69) is 21.3 Å². The molecule has 0 spiro atoms. The Morgan fingerprint density at radius 1 is 0.643 bits per heavy atom. The highest BCUT2D eigenvalue weighted by Gasteiger charge is 2.22. The molecule has 0 unspecified atom stereocenters. The van der Waals surface area contributed by atoms with Gasteiger partial charge in [-0.15, -0.1) is 0 Å². The maximum absolute atomic E-state index is 5.90. The van der Waals surface area contributed by atoms with Crippen molar-refractivity contribution >= 4 is 69.2 Å². The molecule has 0 saturated heterocycles. The van der Waals surface area contributed by atoms with Crippen molar-refractivity contribution in [1.82, 2.24) is 10.6 Å². The topological polar surface area (TPSA) is 48.1 Å². The fourth-order valence-electron chi connectivity index (χ4n) is 3.15. The van der Waals surface area contributed by atoms with Crippen LogP contribution >= 0.6 is 47.6 Å². The number of benzene rings is 2. The van der Waals surface area contributed by atoms with Crippen LogP contribution in [0.1, 0.15) is 25.7 Å². The second-order valence-electron chi connectivity index (χ2n) is 6.76. The molecule has 4 nitrogen and oxygen atoms in total. The normalized spacial score (nSPS) is 18.8. The van der Waals surface area contributed by atoms with E-state index in [-0.39, 0.29) is 0 Å². The van der Waals surface area contributed by atoms with Crippen LogP contribution in [-0.4, -0.2) is 22.3 Å². The maximum Gasteiger partial charge on any atom is 0.170 e. The fourth-order valence-corrected chi connectivity index (χ4v) is 3.97. The van der Waals surface area contributed by atoms with Crippen LogP contribution in [0.4, 0.5) is 11.4 Å². The van der Waals surface area contributed by atoms with Crippen LogP contribution in [0.2, 0.25) is 10.0 Å². The Balaban J connectivity index is 1.37. The third-order valence-corrected chi connectivity index (χ3v) is 5.55. The predicted molar refractivity (Wildman–Crippen MR) is 128 cm³/mol. The lowest BCUT2D eigenvalue weighted by Gasteiger charge is -2.31. The molecule has 1 saturated carbocycles. The van der Waals surface area contributed by atoms with Gasteiger partial charge in [0.2, 0.25) is 0 Å². The highest BCUT2D eigenvalue weighted by atomic mass is 35.5. The molecule has 1 aliphatic rings. The number of hydrogen-bond acceptors (Lipinski definition) is 2. The molecule has 4 N–H and O–H groups in total. The summed E-state index contributed by atoms with van der Waals surface area (Å²) in [5.74, 6) is 0. The molecule has 0 amide bonds. The number of rotatable bonds is 4. The van der Waals surface area contributed by atoms with Gasteiger partial charge in [-0.2, -0.15) is 0 Å². The van der Waals surface area contributed by atoms with Gasteiger partial charge < -0.3 is 21.3 Å². The van der Waals surface area contributed by atoms with Gasteiger partial charge >= 0.3 is 0 Å². The summed E-state index contributed by atoms with van der Waals surface area (Å²) in [5, 5.41) is 15.9. The van der Waals surface area contributed by atoms with Crippen molar-refractivity contribution in [2.75, 3.05) is 10.6 Å². The lowest BCUT2D eigenvalue weighted by atomic mass is 9.91. The van der Waals surface area contributed by atoms with E-state index < -0.39 is 0 Å². The van der Waals surface area contributed by atoms with Gasteiger partial charge in [-0.25, -0.2) is 0 Å². The molecule has 0 radical (unpaired) electrons. The van der Waals surface area contributed by atoms with E-state index in [0.29, 0.717) is 32.4 Å². The maximum atomic E-state index is 5.90. The van der Waals surface area contributed by atoms with Crippen LogP contribution in [0, 0.1) is 0 Å². The second kappa shape index (κ2) is 10.3. The average Bonchev–Trinajstić information content (AvgIpc) is 2.67. The van der Waals surface area contributed by atoms with Crippen LogP contribution in [0.15, 0.2) is 48.5 Å². The third kappa shape index (κ3) is 6.78. The van der Waals surface area contributed by atoms with Crippen molar-refractivity contribution < 1.29 is 0 Å². The zero-order valence-corrected chi connectivity index (χ0v) is 18.3. The molecule has 0 heterocycles. The van der Waals surface area contributed by atoms with E-state index in [9.17, 15) is 0 Å². The molecule has 148 valence electrons. The van der Waals surface area contributed by atoms with E-state index in [1.54, 1.807) is 0 Å². The van der Waals surface area contributed by atoms with E-state index >= 15 is 0 Å². The third-order valence-electron chi connectivity index (χ3n) is 4.60. The summed E-state index contributed by atoms with van der Waals surface area (Å²) in [4.78, 5) is 0. The average molecular weight is 453 g/mol. The Morgan fingerprint density at radius 3 is 1.29 bits per heavy atom. The Morgan fingerprint density at radius 2 is 0.964 bits per heavy atom. The van der Waals surface area contributed by atoms with Crippen LogP contribution < -0.4 is 21.3 Å². The minimum absolute atomic E-state index is 0.364. The van der Waals surface area contributed by atoms with Crippen LogP contribution in [0.5, 0.6) is 0 Å². The first-order valence-electron chi connectivity index (χ1n) is 9.14. The van der Waals surface area contributed by atoms with Crippen LogP contribution in [-0.2, 0) is 0 Å². The number of nitrogens with one attached hydrogen (secondary N) is 4. The minimum Gasteiger partial charge on any atom is -0.360 e. The lowest BCUT2D eigenvalue weighted by molar-refractivity contribution is 0.356. The largest absolute Gasteiger partial charge is 0.360 e. The number of thiocarbonyl (C=S) groups is 2. The molecule has 1 aliphatic carbocycles. The van der Waals surface area contributed by atoms with Gasteiger partial charge in [-0.3, -0.25) is 0 Å². The van der Waals surface area contributed by atoms with Crippen molar-refractivity contribution in [1.29, 1.82) is 0 Å². The molecule has 0 atom stereocenters. The molecule has 1 fully saturated rings. The Kier molecular flexibility index (Phi) is 7.73. The lowest BCUT2D eigenvalue weighted by Crippen LogP contribution is -2.45. The quantitative estimate of drug-likeness (QED) is 0.454. The van der Waals surface area contributed by atoms with Gasteiger partial charge in [-0.1, -0.05) is 23.2 Å². The Hall–Kier alpha value is -1.60. The van der Waals surface area contributed by atoms with Crippen molar-refractivity contribution in [2.24, 2.45) is 0 Å². The van der Waals surface area contributed by atoms with Crippen LogP contribution in [0.3, 0.4) is 0 Å². The first-order valence-corrected chi connectivity index (χ1v) is 10.7. The highest BCUT2D eigenvalue weighted by Crippen LogP contribution is 2.20. The summed E-state index contributed by atoms with van der Waals surface area (Å²) in [6, 6.07) is 15.7. The van der Waals surface area contributed by atoms with E-state index in [1.165, 1.54) is 0 Å². The van der Waals surface area contributed by atoms with Crippen molar-refractivity contribution in [3.63, 3.8) is 0 Å². The summed E-state index contributed by atoms with van der Waals surface area (Å²) in [5.41, 5.74) is 1.85. The first kappa shape index (κ1) is 21.1. The SMILES string of the molecule is S=C(Nc1ccc(Cl)cc1)NC1CCC(NC(=S)Nc2ccc(Cl)cc2)CC1. The van der Waals surface area contributed by atoms with Crippen molar-refractivity contribution in [3.05, 3.63) is 58.6 Å². The molecule has 0 aliphatic heterocycles. The van der Waals surface area contributed by atoms with Gasteiger partial charge in [0.15, 0.2) is 10.2 Å². The zero-order chi connectivity index (χ0) is 19.9. The number of halogens is 2. The van der Waals surface area contributed by atoms with Gasteiger partial charge in [0.1, 0.15) is 0 Å². The standard InChI is InChI=1S/C20H22Cl2N4S2/c21-13-1-5-15(6-2-13)23-19(27)25-17-9-11-18(12-10-17)26-20(28)24-16-7-3-14(22)4-8-16/h1-8,17-18H,9-12H2,(H2,23,25,27)(H2,24,26,28). The molecule has 2 aromatic carbocycles. The highest BCUT2D eigenvalue weighted by molar-refractivity contribution is 7.80. The fraction of sp³-hybridized carbons (Fsp3) is 0.300. The zero-order valence-electron chi connectivity index (χ0n) is 15.2. The molecule has 8 heteroatoms. The van der Waals surface area contributed by atoms with Crippen molar-refractivity contribution in [3.8, 4) is 0 Å². The van der Waals surface area contributed by atoms with Gasteiger partial charge in [0.05, 0.1) is 0 Å². The van der Waals surface area contributed by atoms with E-state index in [0.717, 1.165) is 37.1 Å². The van der Waals surface area contributed by atoms with Gasteiger partial charge in [-0.05, 0) is 98.6 Å². The summed E-state index contributed by atoms with van der Waals surface area (Å²) < 4.78 is 0. The van der Waals surface area contributed by atoms with E-state index in [1.807, 2.05) is 48.5 Å². The van der Waals surface area contributed by atoms with Gasteiger partial charge in [0.25, 0.3) is 0 Å². The molecular formula is C20H22Cl2N4S2. The second-order valence-corrected chi connectivity index (χ2v) is 8.45. The molecule has 0 aromatic heterocycles. The Labute approximate surface area is 186 Å². The summed E-state index contributed by atoms with van der Waals surface area (Å²) in [6.07, 6.45) is 4.13. The minimum atomic E-state index is 0.364. The van der Waals surface area contributed by atoms with E-state index in [4.69, 9.17) is 47.6 Å². The smallest absolute Gasteiger partial charge is 0.170 e. The summed E-state index contributed by atoms with van der Waals surface area (Å²) >= 11 is 22.6. The molecule has 3 rings (SSSR count). The molecule has 0 bridgehead atoms.